The van der Waals surface area contributed by atoms with E-state index in [0.717, 1.165) is 31.6 Å². The van der Waals surface area contributed by atoms with Crippen molar-refractivity contribution in [1.82, 2.24) is 9.88 Å². The SMILES string of the molecule is CCn1c2ccccc2c2cc(/C=C/C(=O)NC[C@H]3CCCO3)ccc21. The third kappa shape index (κ3) is 3.25. The van der Waals surface area contributed by atoms with E-state index in [4.69, 9.17) is 4.74 Å². The summed E-state index contributed by atoms with van der Waals surface area (Å²) >= 11 is 0. The van der Waals surface area contributed by atoms with Gasteiger partial charge in [0.2, 0.25) is 5.91 Å². The standard InChI is InChI=1S/C22H24N2O2/c1-2-24-20-8-4-3-7-18(20)19-14-16(9-11-21(19)24)10-12-22(25)23-15-17-6-5-13-26-17/h3-4,7-12,14,17H,2,5-6,13,15H2,1H3,(H,23,25)/b12-10+/t17-/m1/s1. The van der Waals surface area contributed by atoms with Gasteiger partial charge in [-0.25, -0.2) is 0 Å². The van der Waals surface area contributed by atoms with Gasteiger partial charge in [0.1, 0.15) is 0 Å². The zero-order valence-corrected chi connectivity index (χ0v) is 15.1. The second-order valence-electron chi connectivity index (χ2n) is 6.75. The van der Waals surface area contributed by atoms with Crippen LogP contribution in [0.5, 0.6) is 0 Å². The molecule has 1 amide bonds. The van der Waals surface area contributed by atoms with E-state index < -0.39 is 0 Å². The summed E-state index contributed by atoms with van der Waals surface area (Å²) in [6, 6.07) is 14.8. The van der Waals surface area contributed by atoms with Crippen molar-refractivity contribution in [3.05, 3.63) is 54.1 Å². The number of nitrogens with one attached hydrogen (secondary N) is 1. The van der Waals surface area contributed by atoms with Gasteiger partial charge < -0.3 is 14.6 Å². The number of hydrogen-bond acceptors (Lipinski definition) is 2. The molecule has 0 bridgehead atoms. The second-order valence-corrected chi connectivity index (χ2v) is 6.75. The molecule has 2 heterocycles. The number of carbonyl (C=O) groups is 1. The summed E-state index contributed by atoms with van der Waals surface area (Å²) in [5, 5.41) is 5.40. The zero-order valence-electron chi connectivity index (χ0n) is 15.1. The number of benzene rings is 2. The molecule has 1 saturated heterocycles. The monoisotopic (exact) mass is 348 g/mol. The van der Waals surface area contributed by atoms with Gasteiger partial charge in [-0.05, 0) is 49.6 Å². The predicted octanol–water partition coefficient (Wildman–Crippen LogP) is 4.12. The lowest BCUT2D eigenvalue weighted by Gasteiger charge is -2.08. The van der Waals surface area contributed by atoms with Gasteiger partial charge in [-0.1, -0.05) is 24.3 Å². The molecular formula is C22H24N2O2. The summed E-state index contributed by atoms with van der Waals surface area (Å²) in [4.78, 5) is 12.0. The first kappa shape index (κ1) is 16.9. The van der Waals surface area contributed by atoms with Crippen LogP contribution in [0.25, 0.3) is 27.9 Å². The van der Waals surface area contributed by atoms with Gasteiger partial charge in [0.05, 0.1) is 6.10 Å². The van der Waals surface area contributed by atoms with Crippen LogP contribution in [0.1, 0.15) is 25.3 Å². The Morgan fingerprint density at radius 2 is 2.08 bits per heavy atom. The molecule has 0 radical (unpaired) electrons. The van der Waals surface area contributed by atoms with Crippen molar-refractivity contribution in [2.75, 3.05) is 13.2 Å². The number of ether oxygens (including phenoxy) is 1. The van der Waals surface area contributed by atoms with Crippen LogP contribution in [0.2, 0.25) is 0 Å². The number of amides is 1. The minimum atomic E-state index is -0.0726. The molecule has 0 spiro atoms. The second kappa shape index (κ2) is 7.34. The Bertz CT molecular complexity index is 965. The molecule has 1 N–H and O–H groups in total. The maximum atomic E-state index is 12.0. The molecule has 1 aromatic heterocycles. The number of fused-ring (bicyclic) bond motifs is 3. The fraction of sp³-hybridized carbons (Fsp3) is 0.318. The van der Waals surface area contributed by atoms with E-state index in [9.17, 15) is 4.79 Å². The molecule has 2 aromatic carbocycles. The van der Waals surface area contributed by atoms with Crippen molar-refractivity contribution in [2.24, 2.45) is 0 Å². The third-order valence-electron chi connectivity index (χ3n) is 5.07. The van der Waals surface area contributed by atoms with Crippen LogP contribution in [0.3, 0.4) is 0 Å². The van der Waals surface area contributed by atoms with E-state index >= 15 is 0 Å². The van der Waals surface area contributed by atoms with E-state index in [1.807, 2.05) is 6.08 Å². The predicted molar refractivity (Wildman–Crippen MR) is 106 cm³/mol. The Kier molecular flexibility index (Phi) is 4.76. The number of hydrogen-bond donors (Lipinski definition) is 1. The Hall–Kier alpha value is -2.59. The maximum Gasteiger partial charge on any atom is 0.244 e. The molecule has 0 saturated carbocycles. The Balaban J connectivity index is 1.55. The summed E-state index contributed by atoms with van der Waals surface area (Å²) in [5.74, 6) is -0.0726. The van der Waals surface area contributed by atoms with E-state index in [-0.39, 0.29) is 12.0 Å². The first-order chi connectivity index (χ1) is 12.8. The number of nitrogens with zero attached hydrogens (tertiary/aromatic N) is 1. The Labute approximate surface area is 153 Å². The highest BCUT2D eigenvalue weighted by molar-refractivity contribution is 6.08. The molecule has 1 atom stereocenters. The fourth-order valence-corrected chi connectivity index (χ4v) is 3.77. The molecule has 4 heteroatoms. The van der Waals surface area contributed by atoms with E-state index in [1.165, 1.54) is 21.8 Å². The largest absolute Gasteiger partial charge is 0.376 e. The molecule has 134 valence electrons. The van der Waals surface area contributed by atoms with Gasteiger partial charge in [-0.3, -0.25) is 4.79 Å². The molecule has 4 nitrogen and oxygen atoms in total. The quantitative estimate of drug-likeness (QED) is 0.705. The van der Waals surface area contributed by atoms with Gasteiger partial charge in [-0.2, -0.15) is 0 Å². The highest BCUT2D eigenvalue weighted by Gasteiger charge is 2.15. The number of aryl methyl sites for hydroxylation is 1. The van der Waals surface area contributed by atoms with E-state index in [2.05, 4.69) is 59.3 Å². The van der Waals surface area contributed by atoms with Crippen molar-refractivity contribution in [3.8, 4) is 0 Å². The van der Waals surface area contributed by atoms with Crippen LogP contribution in [0.4, 0.5) is 0 Å². The fourth-order valence-electron chi connectivity index (χ4n) is 3.77. The molecule has 26 heavy (non-hydrogen) atoms. The van der Waals surface area contributed by atoms with Crippen molar-refractivity contribution >= 4 is 33.8 Å². The van der Waals surface area contributed by atoms with Crippen molar-refractivity contribution in [3.63, 3.8) is 0 Å². The van der Waals surface area contributed by atoms with Crippen LogP contribution in [0, 0.1) is 0 Å². The zero-order chi connectivity index (χ0) is 17.9. The molecular weight excluding hydrogens is 324 g/mol. The van der Waals surface area contributed by atoms with Gasteiger partial charge in [-0.15, -0.1) is 0 Å². The van der Waals surface area contributed by atoms with Gasteiger partial charge in [0.25, 0.3) is 0 Å². The summed E-state index contributed by atoms with van der Waals surface area (Å²) in [5.41, 5.74) is 3.51. The molecule has 0 aliphatic carbocycles. The summed E-state index contributed by atoms with van der Waals surface area (Å²) < 4.78 is 7.85. The van der Waals surface area contributed by atoms with Crippen LogP contribution < -0.4 is 5.32 Å². The lowest BCUT2D eigenvalue weighted by atomic mass is 10.1. The smallest absolute Gasteiger partial charge is 0.244 e. The maximum absolute atomic E-state index is 12.0. The normalized spacial score (nSPS) is 17.5. The van der Waals surface area contributed by atoms with Gasteiger partial charge in [0.15, 0.2) is 0 Å². The number of aromatic nitrogens is 1. The van der Waals surface area contributed by atoms with Crippen molar-refractivity contribution in [1.29, 1.82) is 0 Å². The molecule has 3 aromatic rings. The third-order valence-corrected chi connectivity index (χ3v) is 5.07. The Morgan fingerprint density at radius 1 is 1.23 bits per heavy atom. The van der Waals surface area contributed by atoms with Crippen molar-refractivity contribution in [2.45, 2.75) is 32.4 Å². The minimum absolute atomic E-state index is 0.0726. The lowest BCUT2D eigenvalue weighted by molar-refractivity contribution is -0.116. The van der Waals surface area contributed by atoms with Crippen molar-refractivity contribution < 1.29 is 9.53 Å². The van der Waals surface area contributed by atoms with Crippen LogP contribution in [0.15, 0.2) is 48.5 Å². The highest BCUT2D eigenvalue weighted by atomic mass is 16.5. The van der Waals surface area contributed by atoms with Gasteiger partial charge in [0, 0.05) is 47.6 Å². The van der Waals surface area contributed by atoms with E-state index in [0.29, 0.717) is 6.54 Å². The number of para-hydroxylation sites is 1. The molecule has 1 aliphatic heterocycles. The molecule has 4 rings (SSSR count). The lowest BCUT2D eigenvalue weighted by Crippen LogP contribution is -2.30. The van der Waals surface area contributed by atoms with E-state index in [1.54, 1.807) is 6.08 Å². The first-order valence-corrected chi connectivity index (χ1v) is 9.35. The Morgan fingerprint density at radius 3 is 2.88 bits per heavy atom. The average molecular weight is 348 g/mol. The number of carbonyl (C=O) groups excluding carboxylic acids is 1. The number of rotatable bonds is 5. The molecule has 1 fully saturated rings. The highest BCUT2D eigenvalue weighted by Crippen LogP contribution is 2.29. The van der Waals surface area contributed by atoms with Crippen LogP contribution in [-0.4, -0.2) is 29.7 Å². The topological polar surface area (TPSA) is 43.3 Å². The first-order valence-electron chi connectivity index (χ1n) is 9.35. The molecule has 1 aliphatic rings. The summed E-state index contributed by atoms with van der Waals surface area (Å²) in [6.07, 6.45) is 5.77. The molecule has 0 unspecified atom stereocenters. The van der Waals surface area contributed by atoms with Crippen LogP contribution in [-0.2, 0) is 16.1 Å². The minimum Gasteiger partial charge on any atom is -0.376 e. The average Bonchev–Trinajstić information content (AvgIpc) is 3.30. The van der Waals surface area contributed by atoms with Crippen LogP contribution >= 0.6 is 0 Å². The summed E-state index contributed by atoms with van der Waals surface area (Å²) in [6.45, 7) is 4.50. The van der Waals surface area contributed by atoms with Gasteiger partial charge >= 0.3 is 0 Å². The summed E-state index contributed by atoms with van der Waals surface area (Å²) in [7, 11) is 0.